The first-order chi connectivity index (χ1) is 10.2. The van der Waals surface area contributed by atoms with Gasteiger partial charge in [0.25, 0.3) is 5.95 Å². The number of hydrogen-bond acceptors (Lipinski definition) is 3. The lowest BCUT2D eigenvalue weighted by molar-refractivity contribution is -0.137. The first kappa shape index (κ1) is 13.2. The van der Waals surface area contributed by atoms with Crippen molar-refractivity contribution in [1.29, 1.82) is 0 Å². The van der Waals surface area contributed by atoms with Crippen molar-refractivity contribution >= 4 is 16.7 Å². The molecular formula is C17H14O4. The van der Waals surface area contributed by atoms with Crippen molar-refractivity contribution in [2.24, 2.45) is 0 Å². The van der Waals surface area contributed by atoms with Gasteiger partial charge >= 0.3 is 5.97 Å². The fourth-order valence-corrected chi connectivity index (χ4v) is 2.12. The van der Waals surface area contributed by atoms with Crippen molar-refractivity contribution in [3.05, 3.63) is 60.4 Å². The van der Waals surface area contributed by atoms with Crippen LogP contribution >= 0.6 is 0 Å². The van der Waals surface area contributed by atoms with E-state index in [0.29, 0.717) is 23.9 Å². The summed E-state index contributed by atoms with van der Waals surface area (Å²) in [5.41, 5.74) is 0. The second-order valence-corrected chi connectivity index (χ2v) is 4.73. The van der Waals surface area contributed by atoms with Crippen LogP contribution in [0.15, 0.2) is 59.0 Å². The lowest BCUT2D eigenvalue weighted by Crippen LogP contribution is -1.96. The summed E-state index contributed by atoms with van der Waals surface area (Å²) in [6, 6.07) is 17.3. The fraction of sp³-hybridized carbons (Fsp3) is 0.118. The SMILES string of the molecule is O=C(O)CCc1ccc(Oc2ccc3ccccc3c2)o1. The van der Waals surface area contributed by atoms with E-state index in [0.717, 1.165) is 10.8 Å². The number of furan rings is 1. The third kappa shape index (κ3) is 3.23. The van der Waals surface area contributed by atoms with Gasteiger partial charge < -0.3 is 14.3 Å². The second kappa shape index (κ2) is 5.71. The maximum atomic E-state index is 10.5. The molecule has 0 fully saturated rings. The first-order valence-corrected chi connectivity index (χ1v) is 6.68. The van der Waals surface area contributed by atoms with Gasteiger partial charge in [-0.15, -0.1) is 0 Å². The Bertz CT molecular complexity index is 773. The van der Waals surface area contributed by atoms with Gasteiger partial charge in [0.1, 0.15) is 11.5 Å². The predicted molar refractivity (Wildman–Crippen MR) is 78.7 cm³/mol. The lowest BCUT2D eigenvalue weighted by atomic mass is 10.1. The normalized spacial score (nSPS) is 10.7. The van der Waals surface area contributed by atoms with E-state index in [-0.39, 0.29) is 6.42 Å². The Hall–Kier alpha value is -2.75. The van der Waals surface area contributed by atoms with Crippen LogP contribution in [0.2, 0.25) is 0 Å². The monoisotopic (exact) mass is 282 g/mol. The van der Waals surface area contributed by atoms with Crippen molar-refractivity contribution in [2.75, 3.05) is 0 Å². The van der Waals surface area contributed by atoms with Gasteiger partial charge in [-0.05, 0) is 29.0 Å². The van der Waals surface area contributed by atoms with Gasteiger partial charge in [0.2, 0.25) is 0 Å². The molecule has 21 heavy (non-hydrogen) atoms. The molecule has 3 aromatic rings. The average Bonchev–Trinajstić information content (AvgIpc) is 2.92. The van der Waals surface area contributed by atoms with Crippen molar-refractivity contribution in [1.82, 2.24) is 0 Å². The fourth-order valence-electron chi connectivity index (χ4n) is 2.12. The highest BCUT2D eigenvalue weighted by Gasteiger charge is 2.07. The average molecular weight is 282 g/mol. The zero-order chi connectivity index (χ0) is 14.7. The maximum Gasteiger partial charge on any atom is 0.303 e. The van der Waals surface area contributed by atoms with Gasteiger partial charge in [-0.25, -0.2) is 0 Å². The van der Waals surface area contributed by atoms with E-state index in [2.05, 4.69) is 0 Å². The van der Waals surface area contributed by atoms with E-state index in [9.17, 15) is 4.79 Å². The summed E-state index contributed by atoms with van der Waals surface area (Å²) in [6.45, 7) is 0. The minimum atomic E-state index is -0.844. The standard InChI is InChI=1S/C17H14O4/c18-16(19)9-7-14-8-10-17(20-14)21-15-6-5-12-3-1-2-4-13(12)11-15/h1-6,8,10-11H,7,9H2,(H,18,19). The molecule has 4 nitrogen and oxygen atoms in total. The molecule has 0 unspecified atom stereocenters. The lowest BCUT2D eigenvalue weighted by Gasteiger charge is -2.04. The van der Waals surface area contributed by atoms with Crippen LogP contribution in [0.3, 0.4) is 0 Å². The zero-order valence-electron chi connectivity index (χ0n) is 11.3. The summed E-state index contributed by atoms with van der Waals surface area (Å²) in [6.07, 6.45) is 0.402. The maximum absolute atomic E-state index is 10.5. The van der Waals surface area contributed by atoms with Gasteiger partial charge in [0.05, 0.1) is 6.42 Å². The summed E-state index contributed by atoms with van der Waals surface area (Å²) < 4.78 is 11.1. The van der Waals surface area contributed by atoms with E-state index >= 15 is 0 Å². The minimum absolute atomic E-state index is 0.0446. The number of carboxylic acid groups (broad SMARTS) is 1. The summed E-state index contributed by atoms with van der Waals surface area (Å²) in [7, 11) is 0. The molecule has 1 heterocycles. The summed E-state index contributed by atoms with van der Waals surface area (Å²) in [4.78, 5) is 10.5. The zero-order valence-corrected chi connectivity index (χ0v) is 11.3. The van der Waals surface area contributed by atoms with Gasteiger partial charge in [0.15, 0.2) is 0 Å². The highest BCUT2D eigenvalue weighted by Crippen LogP contribution is 2.27. The molecule has 106 valence electrons. The van der Waals surface area contributed by atoms with Crippen molar-refractivity contribution in [3.8, 4) is 11.7 Å². The van der Waals surface area contributed by atoms with Crippen LogP contribution in [-0.2, 0) is 11.2 Å². The molecule has 0 aliphatic heterocycles. The Morgan fingerprint density at radius 1 is 1.05 bits per heavy atom. The Labute approximate surface area is 121 Å². The summed E-state index contributed by atoms with van der Waals surface area (Å²) >= 11 is 0. The quantitative estimate of drug-likeness (QED) is 0.760. The highest BCUT2D eigenvalue weighted by molar-refractivity contribution is 5.83. The molecule has 0 saturated carbocycles. The van der Waals surface area contributed by atoms with E-state index < -0.39 is 5.97 Å². The van der Waals surface area contributed by atoms with Crippen molar-refractivity contribution in [3.63, 3.8) is 0 Å². The molecule has 0 saturated heterocycles. The topological polar surface area (TPSA) is 59.7 Å². The molecule has 0 radical (unpaired) electrons. The van der Waals surface area contributed by atoms with Crippen LogP contribution in [0.25, 0.3) is 10.8 Å². The first-order valence-electron chi connectivity index (χ1n) is 6.68. The Morgan fingerprint density at radius 3 is 2.67 bits per heavy atom. The molecule has 1 N–H and O–H groups in total. The summed E-state index contributed by atoms with van der Waals surface area (Å²) in [5.74, 6) is 0.815. The number of aliphatic carboxylic acids is 1. The number of ether oxygens (including phenoxy) is 1. The number of aryl methyl sites for hydroxylation is 1. The molecule has 0 spiro atoms. The molecule has 0 aliphatic rings. The van der Waals surface area contributed by atoms with E-state index in [1.54, 1.807) is 12.1 Å². The smallest absolute Gasteiger partial charge is 0.303 e. The molecule has 0 aliphatic carbocycles. The molecule has 3 rings (SSSR count). The van der Waals surface area contributed by atoms with Gasteiger partial charge in [0, 0.05) is 12.5 Å². The molecular weight excluding hydrogens is 268 g/mol. The number of fused-ring (bicyclic) bond motifs is 1. The highest BCUT2D eigenvalue weighted by atomic mass is 16.6. The van der Waals surface area contributed by atoms with Crippen LogP contribution in [0, 0.1) is 0 Å². The Morgan fingerprint density at radius 2 is 1.86 bits per heavy atom. The molecule has 0 atom stereocenters. The van der Waals surface area contributed by atoms with E-state index in [1.165, 1.54) is 0 Å². The van der Waals surface area contributed by atoms with Crippen LogP contribution in [0.5, 0.6) is 11.7 Å². The minimum Gasteiger partial charge on any atom is -0.481 e. The van der Waals surface area contributed by atoms with E-state index in [4.69, 9.17) is 14.3 Å². The number of benzene rings is 2. The van der Waals surface area contributed by atoms with Crippen LogP contribution < -0.4 is 4.74 Å². The van der Waals surface area contributed by atoms with Crippen molar-refractivity contribution in [2.45, 2.75) is 12.8 Å². The molecule has 4 heteroatoms. The van der Waals surface area contributed by atoms with Gasteiger partial charge in [-0.1, -0.05) is 30.3 Å². The van der Waals surface area contributed by atoms with Gasteiger partial charge in [-0.2, -0.15) is 0 Å². The molecule has 2 aromatic carbocycles. The molecule has 0 amide bonds. The Kier molecular flexibility index (Phi) is 3.60. The Balaban J connectivity index is 1.74. The molecule has 1 aromatic heterocycles. The van der Waals surface area contributed by atoms with Crippen LogP contribution in [0.1, 0.15) is 12.2 Å². The number of carboxylic acids is 1. The number of rotatable bonds is 5. The third-order valence-electron chi connectivity index (χ3n) is 3.16. The van der Waals surface area contributed by atoms with Crippen LogP contribution in [0.4, 0.5) is 0 Å². The van der Waals surface area contributed by atoms with Crippen LogP contribution in [-0.4, -0.2) is 11.1 Å². The largest absolute Gasteiger partial charge is 0.481 e. The predicted octanol–water partition coefficient (Wildman–Crippen LogP) is 4.24. The van der Waals surface area contributed by atoms with E-state index in [1.807, 2.05) is 42.5 Å². The molecule has 0 bridgehead atoms. The van der Waals surface area contributed by atoms with Crippen molar-refractivity contribution < 1.29 is 19.1 Å². The third-order valence-corrected chi connectivity index (χ3v) is 3.16. The number of hydrogen-bond donors (Lipinski definition) is 1. The van der Waals surface area contributed by atoms with Gasteiger partial charge in [-0.3, -0.25) is 4.79 Å². The second-order valence-electron chi connectivity index (χ2n) is 4.73. The number of carbonyl (C=O) groups is 1. The summed E-state index contributed by atoms with van der Waals surface area (Å²) in [5, 5.41) is 10.9.